The molecule has 1 heterocycles. The molecule has 0 amide bonds. The van der Waals surface area contributed by atoms with E-state index in [1.165, 1.54) is 12.1 Å². The number of benzene rings is 2. The topological polar surface area (TPSA) is 69.9 Å². The Morgan fingerprint density at radius 1 is 1.14 bits per heavy atom. The first-order valence-corrected chi connectivity index (χ1v) is 7.01. The molecule has 0 spiro atoms. The van der Waals surface area contributed by atoms with Crippen molar-refractivity contribution in [3.63, 3.8) is 0 Å². The molecule has 0 aliphatic heterocycles. The Morgan fingerprint density at radius 3 is 2.55 bits per heavy atom. The Morgan fingerprint density at radius 2 is 1.86 bits per heavy atom. The maximum Gasteiger partial charge on any atom is 0.135 e. The zero-order chi connectivity index (χ0) is 15.7. The summed E-state index contributed by atoms with van der Waals surface area (Å²) in [5.41, 5.74) is 16.0. The molecule has 5 heteroatoms. The van der Waals surface area contributed by atoms with Gasteiger partial charge in [0.25, 0.3) is 0 Å². The minimum Gasteiger partial charge on any atom is -0.383 e. The highest BCUT2D eigenvalue weighted by Gasteiger charge is 2.17. The quantitative estimate of drug-likeness (QED) is 0.780. The highest BCUT2D eigenvalue weighted by Crippen LogP contribution is 2.31. The van der Waals surface area contributed by atoms with Gasteiger partial charge in [0, 0.05) is 12.1 Å². The smallest absolute Gasteiger partial charge is 0.135 e. The van der Waals surface area contributed by atoms with E-state index in [1.54, 1.807) is 10.7 Å². The summed E-state index contributed by atoms with van der Waals surface area (Å²) in [6.45, 7) is 2.17. The Kier molecular flexibility index (Phi) is 3.65. The number of hydrogen-bond donors (Lipinski definition) is 2. The Labute approximate surface area is 128 Å². The highest BCUT2D eigenvalue weighted by molar-refractivity contribution is 5.77. The average molecular weight is 296 g/mol. The van der Waals surface area contributed by atoms with Crippen molar-refractivity contribution in [2.45, 2.75) is 13.5 Å². The zero-order valence-corrected chi connectivity index (χ0v) is 12.3. The van der Waals surface area contributed by atoms with E-state index >= 15 is 0 Å². The van der Waals surface area contributed by atoms with Crippen molar-refractivity contribution >= 4 is 5.82 Å². The maximum absolute atomic E-state index is 13.6. The van der Waals surface area contributed by atoms with Gasteiger partial charge in [0.2, 0.25) is 0 Å². The molecule has 0 aliphatic rings. The van der Waals surface area contributed by atoms with Crippen molar-refractivity contribution in [2.24, 2.45) is 5.73 Å². The van der Waals surface area contributed by atoms with E-state index in [9.17, 15) is 4.39 Å². The lowest BCUT2D eigenvalue weighted by atomic mass is 10.1. The number of aromatic nitrogens is 2. The van der Waals surface area contributed by atoms with Gasteiger partial charge in [0.1, 0.15) is 11.6 Å². The number of nitrogen functional groups attached to an aromatic ring is 1. The third-order valence-electron chi connectivity index (χ3n) is 3.65. The molecule has 0 bridgehead atoms. The molecule has 0 saturated heterocycles. The molecule has 4 nitrogen and oxygen atoms in total. The lowest BCUT2D eigenvalue weighted by molar-refractivity contribution is 0.624. The van der Waals surface area contributed by atoms with Crippen LogP contribution >= 0.6 is 0 Å². The van der Waals surface area contributed by atoms with Gasteiger partial charge in [0.05, 0.1) is 11.4 Å². The summed E-state index contributed by atoms with van der Waals surface area (Å²) in [5, 5.41) is 4.48. The second kappa shape index (κ2) is 5.61. The Bertz CT molecular complexity index is 809. The number of halogens is 1. The van der Waals surface area contributed by atoms with E-state index in [0.717, 1.165) is 22.4 Å². The number of rotatable bonds is 3. The fourth-order valence-corrected chi connectivity index (χ4v) is 2.60. The van der Waals surface area contributed by atoms with Gasteiger partial charge in [-0.3, -0.25) is 0 Å². The van der Waals surface area contributed by atoms with E-state index in [-0.39, 0.29) is 12.4 Å². The SMILES string of the molecule is Cc1nn(-c2cc(F)ccc2CN)c(N)c1-c1ccccc1. The summed E-state index contributed by atoms with van der Waals surface area (Å²) in [6, 6.07) is 14.2. The van der Waals surface area contributed by atoms with Crippen LogP contribution in [-0.2, 0) is 6.54 Å². The van der Waals surface area contributed by atoms with Crippen LogP contribution in [0.2, 0.25) is 0 Å². The minimum atomic E-state index is -0.346. The summed E-state index contributed by atoms with van der Waals surface area (Å²) in [4.78, 5) is 0. The second-order valence-electron chi connectivity index (χ2n) is 5.10. The number of nitrogens with two attached hydrogens (primary N) is 2. The number of hydrogen-bond acceptors (Lipinski definition) is 3. The molecule has 3 aromatic rings. The summed E-state index contributed by atoms with van der Waals surface area (Å²) < 4.78 is 15.2. The van der Waals surface area contributed by atoms with E-state index in [1.807, 2.05) is 37.3 Å². The standard InChI is InChI=1S/C17H17FN4/c1-11-16(12-5-3-2-4-6-12)17(20)22(21-11)15-9-14(18)8-7-13(15)10-19/h2-9H,10,19-20H2,1H3. The van der Waals surface area contributed by atoms with Crippen LogP contribution in [0.3, 0.4) is 0 Å². The van der Waals surface area contributed by atoms with Gasteiger partial charge in [-0.05, 0) is 30.2 Å². The van der Waals surface area contributed by atoms with E-state index in [2.05, 4.69) is 5.10 Å². The largest absolute Gasteiger partial charge is 0.383 e. The maximum atomic E-state index is 13.6. The Balaban J connectivity index is 2.21. The molecular formula is C17H17FN4. The van der Waals surface area contributed by atoms with Crippen LogP contribution in [0.25, 0.3) is 16.8 Å². The third-order valence-corrected chi connectivity index (χ3v) is 3.65. The van der Waals surface area contributed by atoms with Crippen LogP contribution in [0.5, 0.6) is 0 Å². The fraction of sp³-hybridized carbons (Fsp3) is 0.118. The molecule has 0 fully saturated rings. The van der Waals surface area contributed by atoms with Crippen molar-refractivity contribution in [3.05, 3.63) is 65.6 Å². The molecule has 3 rings (SSSR count). The summed E-state index contributed by atoms with van der Waals surface area (Å²) >= 11 is 0. The Hall–Kier alpha value is -2.66. The molecule has 112 valence electrons. The molecule has 0 atom stereocenters. The molecule has 1 aromatic heterocycles. The van der Waals surface area contributed by atoms with Crippen molar-refractivity contribution in [3.8, 4) is 16.8 Å². The number of anilines is 1. The summed E-state index contributed by atoms with van der Waals surface area (Å²) in [5.74, 6) is 0.130. The monoisotopic (exact) mass is 296 g/mol. The predicted molar refractivity (Wildman–Crippen MR) is 86.0 cm³/mol. The lowest BCUT2D eigenvalue weighted by Gasteiger charge is -2.10. The van der Waals surface area contributed by atoms with Crippen LogP contribution in [0, 0.1) is 12.7 Å². The first-order valence-electron chi connectivity index (χ1n) is 7.01. The highest BCUT2D eigenvalue weighted by atomic mass is 19.1. The van der Waals surface area contributed by atoms with Crippen molar-refractivity contribution in [1.29, 1.82) is 0 Å². The van der Waals surface area contributed by atoms with Gasteiger partial charge >= 0.3 is 0 Å². The molecule has 0 aliphatic carbocycles. The fourth-order valence-electron chi connectivity index (χ4n) is 2.60. The second-order valence-corrected chi connectivity index (χ2v) is 5.10. The van der Waals surface area contributed by atoms with Gasteiger partial charge in [-0.15, -0.1) is 0 Å². The third kappa shape index (κ3) is 2.35. The van der Waals surface area contributed by atoms with Gasteiger partial charge < -0.3 is 11.5 Å². The predicted octanol–water partition coefficient (Wildman–Crippen LogP) is 3.03. The van der Waals surface area contributed by atoms with Crippen molar-refractivity contribution in [1.82, 2.24) is 9.78 Å². The van der Waals surface area contributed by atoms with Crippen molar-refractivity contribution in [2.75, 3.05) is 5.73 Å². The lowest BCUT2D eigenvalue weighted by Crippen LogP contribution is -2.09. The van der Waals surface area contributed by atoms with Crippen LogP contribution in [0.15, 0.2) is 48.5 Å². The molecule has 2 aromatic carbocycles. The molecule has 0 unspecified atom stereocenters. The molecule has 22 heavy (non-hydrogen) atoms. The number of aryl methyl sites for hydroxylation is 1. The summed E-state index contributed by atoms with van der Waals surface area (Å²) in [7, 11) is 0. The summed E-state index contributed by atoms with van der Waals surface area (Å²) in [6.07, 6.45) is 0. The zero-order valence-electron chi connectivity index (χ0n) is 12.3. The van der Waals surface area contributed by atoms with E-state index in [4.69, 9.17) is 11.5 Å². The molecular weight excluding hydrogens is 279 g/mol. The van der Waals surface area contributed by atoms with Gasteiger partial charge in [-0.2, -0.15) is 5.10 Å². The van der Waals surface area contributed by atoms with E-state index < -0.39 is 0 Å². The van der Waals surface area contributed by atoms with Crippen LogP contribution in [0.1, 0.15) is 11.3 Å². The van der Waals surface area contributed by atoms with E-state index in [0.29, 0.717) is 11.5 Å². The van der Waals surface area contributed by atoms with Gasteiger partial charge in [0.15, 0.2) is 0 Å². The number of nitrogens with zero attached hydrogens (tertiary/aromatic N) is 2. The first kappa shape index (κ1) is 14.3. The average Bonchev–Trinajstić information content (AvgIpc) is 2.83. The van der Waals surface area contributed by atoms with Crippen LogP contribution in [0.4, 0.5) is 10.2 Å². The van der Waals surface area contributed by atoms with Crippen LogP contribution in [-0.4, -0.2) is 9.78 Å². The molecule has 0 saturated carbocycles. The first-order chi connectivity index (χ1) is 10.6. The normalized spacial score (nSPS) is 10.9. The van der Waals surface area contributed by atoms with Gasteiger partial charge in [-0.25, -0.2) is 9.07 Å². The van der Waals surface area contributed by atoms with Gasteiger partial charge in [-0.1, -0.05) is 36.4 Å². The molecule has 0 radical (unpaired) electrons. The minimum absolute atomic E-state index is 0.286. The van der Waals surface area contributed by atoms with Crippen LogP contribution < -0.4 is 11.5 Å². The molecule has 4 N–H and O–H groups in total. The van der Waals surface area contributed by atoms with Crippen molar-refractivity contribution < 1.29 is 4.39 Å².